The van der Waals surface area contributed by atoms with E-state index in [9.17, 15) is 5.11 Å². The van der Waals surface area contributed by atoms with Crippen LogP contribution in [0.5, 0.6) is 0 Å². The highest BCUT2D eigenvalue weighted by Gasteiger charge is 2.15. The fourth-order valence-corrected chi connectivity index (χ4v) is 3.07. The second kappa shape index (κ2) is 8.60. The molecule has 0 saturated heterocycles. The lowest BCUT2D eigenvalue weighted by Crippen LogP contribution is -2.25. The lowest BCUT2D eigenvalue weighted by Gasteiger charge is -2.24. The molecule has 0 aliphatic heterocycles. The number of nitrogens with zero attached hydrogens (tertiary/aromatic N) is 2. The molecule has 4 heteroatoms. The molecule has 2 N–H and O–H groups in total. The molecular formula is C21H25N3O. The van der Waals surface area contributed by atoms with Gasteiger partial charge in [0.15, 0.2) is 0 Å². The summed E-state index contributed by atoms with van der Waals surface area (Å²) in [4.78, 5) is 4.09. The number of hydrogen-bond donors (Lipinski definition) is 2. The van der Waals surface area contributed by atoms with E-state index in [-0.39, 0.29) is 18.7 Å². The smallest absolute Gasteiger partial charge is 0.0991 e. The molecule has 0 amide bonds. The minimum Gasteiger partial charge on any atom is -0.396 e. The molecule has 0 aliphatic carbocycles. The SMILES string of the molecule is CC(NC(CCCO)c1ccccc1)c1ccc(-n2ccnc2)cc1. The van der Waals surface area contributed by atoms with Crippen molar-refractivity contribution in [3.05, 3.63) is 84.4 Å². The van der Waals surface area contributed by atoms with Gasteiger partial charge < -0.3 is 15.0 Å². The maximum absolute atomic E-state index is 9.20. The molecule has 3 rings (SSSR count). The number of aromatic nitrogens is 2. The van der Waals surface area contributed by atoms with Gasteiger partial charge >= 0.3 is 0 Å². The van der Waals surface area contributed by atoms with Crippen LogP contribution in [0.15, 0.2) is 73.3 Å². The number of imidazole rings is 1. The number of nitrogens with one attached hydrogen (secondary N) is 1. The minimum atomic E-state index is 0.221. The van der Waals surface area contributed by atoms with Crippen molar-refractivity contribution in [1.29, 1.82) is 0 Å². The quantitative estimate of drug-likeness (QED) is 0.653. The summed E-state index contributed by atoms with van der Waals surface area (Å²) in [7, 11) is 0. The summed E-state index contributed by atoms with van der Waals surface area (Å²) in [5.41, 5.74) is 3.61. The van der Waals surface area contributed by atoms with Gasteiger partial charge in [-0.2, -0.15) is 0 Å². The Morgan fingerprint density at radius 3 is 2.44 bits per heavy atom. The van der Waals surface area contributed by atoms with Crippen LogP contribution in [0.2, 0.25) is 0 Å². The Labute approximate surface area is 149 Å². The minimum absolute atomic E-state index is 0.221. The fourth-order valence-electron chi connectivity index (χ4n) is 3.07. The van der Waals surface area contributed by atoms with Gasteiger partial charge in [-0.05, 0) is 43.0 Å². The zero-order chi connectivity index (χ0) is 17.5. The van der Waals surface area contributed by atoms with E-state index in [2.05, 4.69) is 65.8 Å². The maximum Gasteiger partial charge on any atom is 0.0991 e. The van der Waals surface area contributed by atoms with Crippen LogP contribution in [-0.2, 0) is 0 Å². The van der Waals surface area contributed by atoms with Gasteiger partial charge in [0, 0.05) is 36.8 Å². The molecule has 2 atom stereocenters. The van der Waals surface area contributed by atoms with E-state index in [1.165, 1.54) is 11.1 Å². The van der Waals surface area contributed by atoms with Gasteiger partial charge in [0.2, 0.25) is 0 Å². The summed E-state index contributed by atoms with van der Waals surface area (Å²) in [6, 6.07) is 19.4. The maximum atomic E-state index is 9.20. The van der Waals surface area contributed by atoms with E-state index in [4.69, 9.17) is 0 Å². The van der Waals surface area contributed by atoms with Crippen molar-refractivity contribution in [1.82, 2.24) is 14.9 Å². The molecule has 2 unspecified atom stereocenters. The molecule has 1 heterocycles. The molecule has 25 heavy (non-hydrogen) atoms. The van der Waals surface area contributed by atoms with E-state index in [1.54, 1.807) is 12.5 Å². The van der Waals surface area contributed by atoms with Gasteiger partial charge in [0.1, 0.15) is 0 Å². The Morgan fingerprint density at radius 2 is 1.80 bits per heavy atom. The highest BCUT2D eigenvalue weighted by atomic mass is 16.2. The second-order valence-corrected chi connectivity index (χ2v) is 6.28. The average molecular weight is 335 g/mol. The van der Waals surface area contributed by atoms with Crippen LogP contribution in [0.25, 0.3) is 5.69 Å². The van der Waals surface area contributed by atoms with Crippen molar-refractivity contribution in [2.45, 2.75) is 31.8 Å². The molecule has 0 bridgehead atoms. The highest BCUT2D eigenvalue weighted by molar-refractivity contribution is 5.35. The molecule has 0 saturated carbocycles. The molecule has 130 valence electrons. The largest absolute Gasteiger partial charge is 0.396 e. The number of benzene rings is 2. The van der Waals surface area contributed by atoms with Crippen molar-refractivity contribution in [3.63, 3.8) is 0 Å². The van der Waals surface area contributed by atoms with Crippen LogP contribution < -0.4 is 5.32 Å². The van der Waals surface area contributed by atoms with Crippen LogP contribution in [-0.4, -0.2) is 21.3 Å². The second-order valence-electron chi connectivity index (χ2n) is 6.28. The predicted octanol–water partition coefficient (Wildman–Crippen LogP) is 4.04. The van der Waals surface area contributed by atoms with Crippen LogP contribution in [0, 0.1) is 0 Å². The molecule has 0 fully saturated rings. The predicted molar refractivity (Wildman–Crippen MR) is 101 cm³/mol. The van der Waals surface area contributed by atoms with Gasteiger partial charge in [-0.1, -0.05) is 42.5 Å². The van der Waals surface area contributed by atoms with Gasteiger partial charge in [0.25, 0.3) is 0 Å². The molecule has 0 aliphatic rings. The van der Waals surface area contributed by atoms with Crippen molar-refractivity contribution in [2.24, 2.45) is 0 Å². The molecule has 0 radical (unpaired) electrons. The zero-order valence-corrected chi connectivity index (χ0v) is 14.5. The zero-order valence-electron chi connectivity index (χ0n) is 14.5. The van der Waals surface area contributed by atoms with Crippen molar-refractivity contribution < 1.29 is 5.11 Å². The summed E-state index contributed by atoms with van der Waals surface area (Å²) >= 11 is 0. The first kappa shape index (κ1) is 17.4. The highest BCUT2D eigenvalue weighted by Crippen LogP contribution is 2.24. The van der Waals surface area contributed by atoms with E-state index in [0.29, 0.717) is 0 Å². The van der Waals surface area contributed by atoms with E-state index >= 15 is 0 Å². The van der Waals surface area contributed by atoms with Gasteiger partial charge in [-0.3, -0.25) is 0 Å². The lowest BCUT2D eigenvalue weighted by atomic mass is 9.99. The Hall–Kier alpha value is -2.43. The average Bonchev–Trinajstić information content (AvgIpc) is 3.20. The first-order chi connectivity index (χ1) is 12.3. The number of aliphatic hydroxyl groups is 1. The molecular weight excluding hydrogens is 310 g/mol. The van der Waals surface area contributed by atoms with Crippen LogP contribution in [0.4, 0.5) is 0 Å². The van der Waals surface area contributed by atoms with Gasteiger partial charge in [-0.15, -0.1) is 0 Å². The van der Waals surface area contributed by atoms with Crippen LogP contribution >= 0.6 is 0 Å². The number of rotatable bonds is 8. The number of aliphatic hydroxyl groups excluding tert-OH is 1. The van der Waals surface area contributed by atoms with E-state index in [1.807, 2.05) is 16.8 Å². The third kappa shape index (κ3) is 4.56. The Bertz CT molecular complexity index is 739. The summed E-state index contributed by atoms with van der Waals surface area (Å²) in [6.07, 6.45) is 7.23. The number of hydrogen-bond acceptors (Lipinski definition) is 3. The molecule has 3 aromatic rings. The standard InChI is InChI=1S/C21H25N3O/c1-17(18-9-11-20(12-10-18)24-14-13-22-16-24)23-21(8-5-15-25)19-6-3-2-4-7-19/h2-4,6-7,9-14,16-17,21,23,25H,5,8,15H2,1H3. The Kier molecular flexibility index (Phi) is 5.99. The topological polar surface area (TPSA) is 50.1 Å². The Balaban J connectivity index is 1.71. The Morgan fingerprint density at radius 1 is 1.04 bits per heavy atom. The van der Waals surface area contributed by atoms with E-state index < -0.39 is 0 Å². The molecule has 4 nitrogen and oxygen atoms in total. The third-order valence-corrected chi connectivity index (χ3v) is 4.50. The first-order valence-corrected chi connectivity index (χ1v) is 8.78. The van der Waals surface area contributed by atoms with Crippen molar-refractivity contribution in [3.8, 4) is 5.69 Å². The van der Waals surface area contributed by atoms with Gasteiger partial charge in [0.05, 0.1) is 6.33 Å². The molecule has 0 spiro atoms. The monoisotopic (exact) mass is 335 g/mol. The fraction of sp³-hybridized carbons (Fsp3) is 0.286. The first-order valence-electron chi connectivity index (χ1n) is 8.78. The summed E-state index contributed by atoms with van der Waals surface area (Å²) < 4.78 is 2.00. The van der Waals surface area contributed by atoms with Gasteiger partial charge in [-0.25, -0.2) is 4.98 Å². The third-order valence-electron chi connectivity index (χ3n) is 4.50. The molecule has 1 aromatic heterocycles. The van der Waals surface area contributed by atoms with Crippen molar-refractivity contribution >= 4 is 0 Å². The summed E-state index contributed by atoms with van der Waals surface area (Å²) in [5, 5.41) is 12.9. The van der Waals surface area contributed by atoms with Crippen LogP contribution in [0.3, 0.4) is 0 Å². The summed E-state index contributed by atoms with van der Waals surface area (Å²) in [6.45, 7) is 2.40. The lowest BCUT2D eigenvalue weighted by molar-refractivity contribution is 0.272. The van der Waals surface area contributed by atoms with Crippen LogP contribution in [0.1, 0.15) is 43.0 Å². The molecule has 2 aromatic carbocycles. The normalized spacial score (nSPS) is 13.5. The van der Waals surface area contributed by atoms with Crippen molar-refractivity contribution in [2.75, 3.05) is 6.61 Å². The summed E-state index contributed by atoms with van der Waals surface area (Å²) in [5.74, 6) is 0. The van der Waals surface area contributed by atoms with E-state index in [0.717, 1.165) is 18.5 Å².